The lowest BCUT2D eigenvalue weighted by Gasteiger charge is -2.31. The second kappa shape index (κ2) is 13.6. The standard InChI is InChI=1S/C26H27F4N3O8S/c27-19-2-1-16(26(36)31-17-12-20(28)25(30)21(29)13-17)11-22(19)42(37,38)33-5-3-18(4-6-33)41-24(35)15-40-23(34)14-32-7-9-39-10-8-32/h1-2,11-13,18H,3-10,14-15H2,(H,31,36). The lowest BCUT2D eigenvalue weighted by molar-refractivity contribution is -0.164. The van der Waals surface area contributed by atoms with Crippen molar-refractivity contribution in [1.82, 2.24) is 9.21 Å². The average molecular weight is 618 g/mol. The van der Waals surface area contributed by atoms with E-state index in [0.717, 1.165) is 22.5 Å². The third-order valence-electron chi connectivity index (χ3n) is 6.56. The second-order valence-corrected chi connectivity index (χ2v) is 11.4. The number of amides is 1. The molecule has 0 radical (unpaired) electrons. The molecular weight excluding hydrogens is 590 g/mol. The number of nitrogens with one attached hydrogen (secondary N) is 1. The zero-order valence-electron chi connectivity index (χ0n) is 22.1. The van der Waals surface area contributed by atoms with Crippen LogP contribution in [0.4, 0.5) is 23.2 Å². The van der Waals surface area contributed by atoms with Crippen LogP contribution in [0, 0.1) is 23.3 Å². The van der Waals surface area contributed by atoms with Gasteiger partial charge in [0.05, 0.1) is 19.8 Å². The van der Waals surface area contributed by atoms with E-state index in [-0.39, 0.29) is 38.0 Å². The number of rotatable bonds is 9. The molecule has 1 N–H and O–H groups in total. The minimum atomic E-state index is -4.44. The molecule has 0 saturated carbocycles. The smallest absolute Gasteiger partial charge is 0.344 e. The first kappa shape index (κ1) is 31.3. The van der Waals surface area contributed by atoms with Gasteiger partial charge in [-0.1, -0.05) is 0 Å². The number of hydrogen-bond donors (Lipinski definition) is 1. The van der Waals surface area contributed by atoms with Gasteiger partial charge in [0, 0.05) is 49.6 Å². The number of hydrogen-bond acceptors (Lipinski definition) is 9. The molecule has 2 aromatic carbocycles. The van der Waals surface area contributed by atoms with Gasteiger partial charge in [0.1, 0.15) is 16.8 Å². The number of esters is 2. The van der Waals surface area contributed by atoms with Crippen LogP contribution in [0.2, 0.25) is 0 Å². The number of benzene rings is 2. The molecule has 0 aliphatic carbocycles. The highest BCUT2D eigenvalue weighted by Crippen LogP contribution is 2.26. The quantitative estimate of drug-likeness (QED) is 0.255. The monoisotopic (exact) mass is 617 g/mol. The zero-order chi connectivity index (χ0) is 30.4. The van der Waals surface area contributed by atoms with Crippen molar-refractivity contribution in [3.05, 3.63) is 59.2 Å². The second-order valence-electron chi connectivity index (χ2n) is 9.50. The Kier molecular flexibility index (Phi) is 10.1. The van der Waals surface area contributed by atoms with Gasteiger partial charge in [-0.3, -0.25) is 14.5 Å². The summed E-state index contributed by atoms with van der Waals surface area (Å²) in [5.74, 6) is -8.38. The molecule has 2 saturated heterocycles. The molecule has 1 amide bonds. The molecule has 228 valence electrons. The maximum Gasteiger partial charge on any atom is 0.344 e. The minimum Gasteiger partial charge on any atom is -0.460 e. The molecule has 2 aliphatic rings. The summed E-state index contributed by atoms with van der Waals surface area (Å²) in [4.78, 5) is 37.6. The zero-order valence-corrected chi connectivity index (χ0v) is 22.9. The number of piperidine rings is 1. The molecule has 2 aliphatic heterocycles. The highest BCUT2D eigenvalue weighted by molar-refractivity contribution is 7.89. The molecule has 0 bridgehead atoms. The molecule has 0 atom stereocenters. The fraction of sp³-hybridized carbons (Fsp3) is 0.423. The Balaban J connectivity index is 1.30. The molecule has 4 rings (SSSR count). The summed E-state index contributed by atoms with van der Waals surface area (Å²) < 4.78 is 97.4. The molecule has 0 unspecified atom stereocenters. The van der Waals surface area contributed by atoms with E-state index in [9.17, 15) is 40.4 Å². The van der Waals surface area contributed by atoms with Gasteiger partial charge in [-0.05, 0) is 31.0 Å². The number of halogens is 4. The number of ether oxygens (including phenoxy) is 3. The summed E-state index contributed by atoms with van der Waals surface area (Å²) >= 11 is 0. The first-order valence-corrected chi connectivity index (χ1v) is 14.3. The van der Waals surface area contributed by atoms with Crippen LogP contribution >= 0.6 is 0 Å². The van der Waals surface area contributed by atoms with Crippen molar-refractivity contribution >= 4 is 33.6 Å². The largest absolute Gasteiger partial charge is 0.460 e. The van der Waals surface area contributed by atoms with Gasteiger partial charge in [0.2, 0.25) is 10.0 Å². The van der Waals surface area contributed by atoms with Gasteiger partial charge in [-0.2, -0.15) is 4.31 Å². The predicted octanol–water partition coefficient (Wildman–Crippen LogP) is 2.07. The van der Waals surface area contributed by atoms with E-state index in [1.165, 1.54) is 0 Å². The highest BCUT2D eigenvalue weighted by atomic mass is 32.2. The number of sulfonamides is 1. The molecule has 2 fully saturated rings. The van der Waals surface area contributed by atoms with Gasteiger partial charge in [0.25, 0.3) is 5.91 Å². The SMILES string of the molecule is O=C(CN1CCOCC1)OCC(=O)OC1CCN(S(=O)(=O)c2cc(C(=O)Nc3cc(F)c(F)c(F)c3)ccc2F)CC1. The van der Waals surface area contributed by atoms with E-state index >= 15 is 0 Å². The summed E-state index contributed by atoms with van der Waals surface area (Å²) in [5.41, 5.74) is -0.777. The summed E-state index contributed by atoms with van der Waals surface area (Å²) in [6, 6.07) is 3.56. The highest BCUT2D eigenvalue weighted by Gasteiger charge is 2.33. The van der Waals surface area contributed by atoms with E-state index in [0.29, 0.717) is 38.4 Å². The van der Waals surface area contributed by atoms with Crippen molar-refractivity contribution in [2.24, 2.45) is 0 Å². The van der Waals surface area contributed by atoms with Crippen LogP contribution in [0.3, 0.4) is 0 Å². The van der Waals surface area contributed by atoms with Crippen molar-refractivity contribution in [3.63, 3.8) is 0 Å². The molecule has 42 heavy (non-hydrogen) atoms. The van der Waals surface area contributed by atoms with Crippen molar-refractivity contribution in [3.8, 4) is 0 Å². The molecule has 11 nitrogen and oxygen atoms in total. The van der Waals surface area contributed by atoms with E-state index in [1.54, 1.807) is 0 Å². The van der Waals surface area contributed by atoms with Gasteiger partial charge >= 0.3 is 11.9 Å². The molecule has 0 aromatic heterocycles. The Hall–Kier alpha value is -3.60. The summed E-state index contributed by atoms with van der Waals surface area (Å²) in [7, 11) is -4.44. The summed E-state index contributed by atoms with van der Waals surface area (Å²) in [6.45, 7) is 1.27. The average Bonchev–Trinajstić information content (AvgIpc) is 2.95. The Bertz CT molecular complexity index is 1420. The van der Waals surface area contributed by atoms with Crippen LogP contribution < -0.4 is 5.32 Å². The van der Waals surface area contributed by atoms with Crippen LogP contribution in [-0.2, 0) is 33.8 Å². The topological polar surface area (TPSA) is 132 Å². The minimum absolute atomic E-state index is 0.00957. The Morgan fingerprint density at radius 1 is 0.905 bits per heavy atom. The lowest BCUT2D eigenvalue weighted by atomic mass is 10.1. The first-order valence-electron chi connectivity index (χ1n) is 12.8. The Morgan fingerprint density at radius 3 is 2.19 bits per heavy atom. The third kappa shape index (κ3) is 7.81. The fourth-order valence-electron chi connectivity index (χ4n) is 4.35. The van der Waals surface area contributed by atoms with Gasteiger partial charge in [-0.15, -0.1) is 0 Å². The van der Waals surface area contributed by atoms with Crippen molar-refractivity contribution in [2.75, 3.05) is 57.9 Å². The first-order chi connectivity index (χ1) is 19.9. The number of anilines is 1. The van der Waals surface area contributed by atoms with Crippen molar-refractivity contribution in [1.29, 1.82) is 0 Å². The molecule has 2 aromatic rings. The van der Waals surface area contributed by atoms with Crippen LogP contribution in [0.5, 0.6) is 0 Å². The van der Waals surface area contributed by atoms with E-state index in [2.05, 4.69) is 5.32 Å². The Morgan fingerprint density at radius 2 is 1.55 bits per heavy atom. The number of nitrogens with zero attached hydrogens (tertiary/aromatic N) is 2. The number of morpholine rings is 1. The molecule has 16 heteroatoms. The number of carbonyl (C=O) groups is 3. The van der Waals surface area contributed by atoms with E-state index in [4.69, 9.17) is 14.2 Å². The predicted molar refractivity (Wildman–Crippen MR) is 137 cm³/mol. The Labute approximate surface area is 238 Å². The van der Waals surface area contributed by atoms with Crippen LogP contribution in [0.1, 0.15) is 23.2 Å². The van der Waals surface area contributed by atoms with Gasteiger partial charge in [-0.25, -0.2) is 30.8 Å². The van der Waals surface area contributed by atoms with Crippen LogP contribution in [0.25, 0.3) is 0 Å². The summed E-state index contributed by atoms with van der Waals surface area (Å²) in [5, 5.41) is 2.10. The molecular formula is C26H27F4N3O8S. The number of carbonyl (C=O) groups excluding carboxylic acids is 3. The molecule has 0 spiro atoms. The fourth-order valence-corrected chi connectivity index (χ4v) is 5.91. The van der Waals surface area contributed by atoms with E-state index < -0.39 is 74.4 Å². The van der Waals surface area contributed by atoms with Gasteiger partial charge in [0.15, 0.2) is 24.1 Å². The van der Waals surface area contributed by atoms with Crippen molar-refractivity contribution in [2.45, 2.75) is 23.8 Å². The lowest BCUT2D eigenvalue weighted by Crippen LogP contribution is -2.42. The maximum atomic E-state index is 14.6. The third-order valence-corrected chi connectivity index (χ3v) is 8.47. The summed E-state index contributed by atoms with van der Waals surface area (Å²) in [6.07, 6.45) is -0.507. The maximum absolute atomic E-state index is 14.6. The van der Waals surface area contributed by atoms with Crippen LogP contribution in [0.15, 0.2) is 35.2 Å². The molecule has 2 heterocycles. The van der Waals surface area contributed by atoms with Gasteiger partial charge < -0.3 is 19.5 Å². The van der Waals surface area contributed by atoms with E-state index in [1.807, 2.05) is 4.90 Å². The van der Waals surface area contributed by atoms with Crippen LogP contribution in [-0.4, -0.2) is 94.1 Å². The van der Waals surface area contributed by atoms with Crippen molar-refractivity contribution < 1.29 is 54.6 Å². The normalized spacial score (nSPS) is 17.0.